The van der Waals surface area contributed by atoms with Crippen LogP contribution in [0.15, 0.2) is 18.2 Å². The Balaban J connectivity index is 2.63. The van der Waals surface area contributed by atoms with Crippen LogP contribution in [0.25, 0.3) is 0 Å². The van der Waals surface area contributed by atoms with E-state index in [0.717, 1.165) is 0 Å². The van der Waals surface area contributed by atoms with Crippen LogP contribution in [0.2, 0.25) is 0 Å². The van der Waals surface area contributed by atoms with Crippen molar-refractivity contribution >= 4 is 11.6 Å². The number of benzene rings is 1. The quantitative estimate of drug-likeness (QED) is 0.695. The molecule has 0 aromatic heterocycles. The van der Waals surface area contributed by atoms with E-state index < -0.39 is 11.5 Å². The van der Waals surface area contributed by atoms with Crippen molar-refractivity contribution in [2.24, 2.45) is 0 Å². The summed E-state index contributed by atoms with van der Waals surface area (Å²) < 4.78 is 5.07. The van der Waals surface area contributed by atoms with E-state index in [-0.39, 0.29) is 0 Å². The fraction of sp³-hybridized carbons (Fsp3) is 0.300. The van der Waals surface area contributed by atoms with Gasteiger partial charge in [-0.15, -0.1) is 0 Å². The molecule has 4 nitrogen and oxygen atoms in total. The molecule has 74 valence electrons. The van der Waals surface area contributed by atoms with Gasteiger partial charge in [-0.2, -0.15) is 0 Å². The molecule has 0 saturated carbocycles. The SMILES string of the molecule is COc1cccc2c1NC(=O)C2(C)O. The summed E-state index contributed by atoms with van der Waals surface area (Å²) in [4.78, 5) is 11.4. The van der Waals surface area contributed by atoms with Gasteiger partial charge in [0.25, 0.3) is 5.91 Å². The highest BCUT2D eigenvalue weighted by Crippen LogP contribution is 2.41. The van der Waals surface area contributed by atoms with Gasteiger partial charge in [0.2, 0.25) is 0 Å². The van der Waals surface area contributed by atoms with Gasteiger partial charge in [0.05, 0.1) is 12.8 Å². The number of nitrogens with one attached hydrogen (secondary N) is 1. The zero-order valence-electron chi connectivity index (χ0n) is 8.00. The molecule has 0 bridgehead atoms. The second-order valence-corrected chi connectivity index (χ2v) is 3.41. The summed E-state index contributed by atoms with van der Waals surface area (Å²) in [7, 11) is 1.52. The number of fused-ring (bicyclic) bond motifs is 1. The first-order valence-corrected chi connectivity index (χ1v) is 4.28. The summed E-state index contributed by atoms with van der Waals surface area (Å²) >= 11 is 0. The molecule has 1 heterocycles. The molecule has 1 atom stereocenters. The molecule has 2 rings (SSSR count). The van der Waals surface area contributed by atoms with Gasteiger partial charge in [0.1, 0.15) is 5.75 Å². The number of carbonyl (C=O) groups is 1. The molecule has 0 spiro atoms. The summed E-state index contributed by atoms with van der Waals surface area (Å²) in [5.41, 5.74) is -0.337. The van der Waals surface area contributed by atoms with E-state index in [1.165, 1.54) is 14.0 Å². The largest absolute Gasteiger partial charge is 0.495 e. The van der Waals surface area contributed by atoms with E-state index in [1.54, 1.807) is 18.2 Å². The fourth-order valence-corrected chi connectivity index (χ4v) is 1.59. The third kappa shape index (κ3) is 1.01. The van der Waals surface area contributed by atoms with Crippen LogP contribution in [-0.2, 0) is 10.4 Å². The van der Waals surface area contributed by atoms with Gasteiger partial charge in [-0.1, -0.05) is 12.1 Å². The molecule has 1 aliphatic heterocycles. The number of rotatable bonds is 1. The maximum absolute atomic E-state index is 11.4. The number of para-hydroxylation sites is 1. The van der Waals surface area contributed by atoms with Crippen LogP contribution in [0, 0.1) is 0 Å². The molecular weight excluding hydrogens is 182 g/mol. The van der Waals surface area contributed by atoms with Crippen molar-refractivity contribution < 1.29 is 14.6 Å². The first-order valence-electron chi connectivity index (χ1n) is 4.28. The van der Waals surface area contributed by atoms with E-state index in [1.807, 2.05) is 0 Å². The van der Waals surface area contributed by atoms with Crippen LogP contribution in [0.4, 0.5) is 5.69 Å². The second kappa shape index (κ2) is 2.72. The summed E-state index contributed by atoms with van der Waals surface area (Å²) in [5, 5.41) is 12.5. The van der Waals surface area contributed by atoms with E-state index in [2.05, 4.69) is 5.32 Å². The van der Waals surface area contributed by atoms with E-state index in [0.29, 0.717) is 17.0 Å². The van der Waals surface area contributed by atoms with Crippen molar-refractivity contribution in [2.45, 2.75) is 12.5 Å². The summed E-state index contributed by atoms with van der Waals surface area (Å²) in [6.07, 6.45) is 0. The maximum Gasteiger partial charge on any atom is 0.260 e. The highest BCUT2D eigenvalue weighted by molar-refractivity contribution is 6.06. The molecular formula is C10H11NO3. The van der Waals surface area contributed by atoms with E-state index in [4.69, 9.17) is 4.74 Å². The Morgan fingerprint density at radius 1 is 1.50 bits per heavy atom. The smallest absolute Gasteiger partial charge is 0.260 e. The Kier molecular flexibility index (Phi) is 1.75. The number of carbonyl (C=O) groups excluding carboxylic acids is 1. The highest BCUT2D eigenvalue weighted by atomic mass is 16.5. The minimum atomic E-state index is -1.45. The molecule has 14 heavy (non-hydrogen) atoms. The van der Waals surface area contributed by atoms with Gasteiger partial charge in [-0.25, -0.2) is 0 Å². The Morgan fingerprint density at radius 3 is 2.86 bits per heavy atom. The topological polar surface area (TPSA) is 58.6 Å². The Bertz CT molecular complexity index is 398. The van der Waals surface area contributed by atoms with Crippen molar-refractivity contribution in [1.82, 2.24) is 0 Å². The predicted molar refractivity (Wildman–Crippen MR) is 51.2 cm³/mol. The zero-order chi connectivity index (χ0) is 10.3. The van der Waals surface area contributed by atoms with Crippen molar-refractivity contribution in [3.05, 3.63) is 23.8 Å². The Hall–Kier alpha value is -1.55. The summed E-state index contributed by atoms with van der Waals surface area (Å²) in [5.74, 6) is 0.144. The fourth-order valence-electron chi connectivity index (χ4n) is 1.59. The molecule has 2 N–H and O–H groups in total. The molecule has 1 amide bonds. The van der Waals surface area contributed by atoms with Crippen molar-refractivity contribution in [3.63, 3.8) is 0 Å². The monoisotopic (exact) mass is 193 g/mol. The van der Waals surface area contributed by atoms with Crippen LogP contribution in [0.1, 0.15) is 12.5 Å². The molecule has 1 aromatic rings. The first kappa shape index (κ1) is 9.02. The van der Waals surface area contributed by atoms with Crippen molar-refractivity contribution in [2.75, 3.05) is 12.4 Å². The number of hydrogen-bond acceptors (Lipinski definition) is 3. The lowest BCUT2D eigenvalue weighted by atomic mass is 9.98. The second-order valence-electron chi connectivity index (χ2n) is 3.41. The lowest BCUT2D eigenvalue weighted by Crippen LogP contribution is -2.30. The van der Waals surface area contributed by atoms with Gasteiger partial charge < -0.3 is 15.2 Å². The molecule has 0 saturated heterocycles. The molecule has 0 radical (unpaired) electrons. The average molecular weight is 193 g/mol. The van der Waals surface area contributed by atoms with Crippen LogP contribution in [-0.4, -0.2) is 18.1 Å². The number of amides is 1. The lowest BCUT2D eigenvalue weighted by molar-refractivity contribution is -0.131. The zero-order valence-corrected chi connectivity index (χ0v) is 8.00. The molecule has 0 aliphatic carbocycles. The van der Waals surface area contributed by atoms with Crippen molar-refractivity contribution in [1.29, 1.82) is 0 Å². The van der Waals surface area contributed by atoms with Gasteiger partial charge in [0, 0.05) is 5.56 Å². The third-order valence-electron chi connectivity index (χ3n) is 2.45. The van der Waals surface area contributed by atoms with Crippen LogP contribution < -0.4 is 10.1 Å². The number of aliphatic hydroxyl groups is 1. The maximum atomic E-state index is 11.4. The molecule has 0 fully saturated rings. The number of hydrogen-bond donors (Lipinski definition) is 2. The molecule has 4 heteroatoms. The minimum absolute atomic E-state index is 0.419. The van der Waals surface area contributed by atoms with Crippen LogP contribution >= 0.6 is 0 Å². The van der Waals surface area contributed by atoms with Gasteiger partial charge >= 0.3 is 0 Å². The average Bonchev–Trinajstić information content (AvgIpc) is 2.39. The third-order valence-corrected chi connectivity index (χ3v) is 2.45. The molecule has 1 aromatic carbocycles. The van der Waals surface area contributed by atoms with E-state index in [9.17, 15) is 9.90 Å². The number of methoxy groups -OCH3 is 1. The highest BCUT2D eigenvalue weighted by Gasteiger charge is 2.42. The molecule has 1 aliphatic rings. The number of anilines is 1. The van der Waals surface area contributed by atoms with E-state index >= 15 is 0 Å². The van der Waals surface area contributed by atoms with Gasteiger partial charge in [-0.05, 0) is 13.0 Å². The lowest BCUT2D eigenvalue weighted by Gasteiger charge is -2.13. The Labute approximate surface area is 81.5 Å². The number of ether oxygens (including phenoxy) is 1. The van der Waals surface area contributed by atoms with Crippen molar-refractivity contribution in [3.8, 4) is 5.75 Å². The van der Waals surface area contributed by atoms with Crippen LogP contribution in [0.5, 0.6) is 5.75 Å². The Morgan fingerprint density at radius 2 is 2.21 bits per heavy atom. The standard InChI is InChI=1S/C10H11NO3/c1-10(13)6-4-3-5-7(14-2)8(6)11-9(10)12/h3-5,13H,1-2H3,(H,11,12). The first-order chi connectivity index (χ1) is 6.57. The predicted octanol–water partition coefficient (Wildman–Crippen LogP) is 0.855. The summed E-state index contributed by atoms with van der Waals surface area (Å²) in [6, 6.07) is 5.18. The summed E-state index contributed by atoms with van der Waals surface area (Å²) in [6.45, 7) is 1.47. The normalized spacial score (nSPS) is 24.4. The molecule has 1 unspecified atom stereocenters. The van der Waals surface area contributed by atoms with Gasteiger partial charge in [-0.3, -0.25) is 4.79 Å². The minimum Gasteiger partial charge on any atom is -0.495 e. The van der Waals surface area contributed by atoms with Crippen LogP contribution in [0.3, 0.4) is 0 Å². The van der Waals surface area contributed by atoms with Gasteiger partial charge in [0.15, 0.2) is 5.60 Å².